The third-order valence-corrected chi connectivity index (χ3v) is 3.46. The lowest BCUT2D eigenvalue weighted by Gasteiger charge is -2.08. The molecule has 0 spiro atoms. The minimum absolute atomic E-state index is 0.265. The fraction of sp³-hybridized carbons (Fsp3) is 0.357. The summed E-state index contributed by atoms with van der Waals surface area (Å²) in [6.07, 6.45) is 1.92. The van der Waals surface area contributed by atoms with Crippen LogP contribution in [0.3, 0.4) is 0 Å². The first-order chi connectivity index (χ1) is 8.41. The van der Waals surface area contributed by atoms with E-state index >= 15 is 0 Å². The van der Waals surface area contributed by atoms with E-state index in [2.05, 4.69) is 18.4 Å². The molecule has 2 rings (SSSR count). The summed E-state index contributed by atoms with van der Waals surface area (Å²) in [6.45, 7) is 5.83. The summed E-state index contributed by atoms with van der Waals surface area (Å²) in [5.74, 6) is -1.33. The molecule has 96 valence electrons. The van der Waals surface area contributed by atoms with Gasteiger partial charge in [0.2, 0.25) is 0 Å². The zero-order valence-electron chi connectivity index (χ0n) is 10.6. The molecule has 1 aromatic heterocycles. The summed E-state index contributed by atoms with van der Waals surface area (Å²) < 4.78 is 2.07. The van der Waals surface area contributed by atoms with Crippen LogP contribution in [-0.4, -0.2) is 15.6 Å². The molecule has 2 aromatic rings. The van der Waals surface area contributed by atoms with Crippen molar-refractivity contribution in [1.29, 1.82) is 0 Å². The lowest BCUT2D eigenvalue weighted by Crippen LogP contribution is -2.07. The van der Waals surface area contributed by atoms with Crippen molar-refractivity contribution in [2.24, 2.45) is 0 Å². The first-order valence-electron chi connectivity index (χ1n) is 5.94. The van der Waals surface area contributed by atoms with Crippen LogP contribution in [0.15, 0.2) is 24.4 Å². The Morgan fingerprint density at radius 1 is 1.33 bits per heavy atom. The van der Waals surface area contributed by atoms with Crippen LogP contribution in [-0.2, 0) is 4.79 Å². The third-order valence-electron chi connectivity index (χ3n) is 3.22. The zero-order valence-corrected chi connectivity index (χ0v) is 11.4. The SMILES string of the molecule is CC(C(=O)O)c1cn(C(C)C)c2cc(Cl)ccc12. The maximum Gasteiger partial charge on any atom is 0.310 e. The molecule has 0 aliphatic heterocycles. The number of aliphatic carboxylic acids is 1. The molecule has 0 amide bonds. The Bertz CT molecular complexity index is 601. The van der Waals surface area contributed by atoms with Crippen molar-refractivity contribution < 1.29 is 9.90 Å². The number of halogens is 1. The quantitative estimate of drug-likeness (QED) is 0.909. The summed E-state index contributed by atoms with van der Waals surface area (Å²) in [5, 5.41) is 10.8. The molecule has 0 aliphatic rings. The minimum Gasteiger partial charge on any atom is -0.481 e. The maximum atomic E-state index is 11.2. The van der Waals surface area contributed by atoms with E-state index in [9.17, 15) is 4.79 Å². The fourth-order valence-electron chi connectivity index (χ4n) is 2.16. The Balaban J connectivity index is 2.72. The van der Waals surface area contributed by atoms with Gasteiger partial charge in [-0.1, -0.05) is 17.7 Å². The van der Waals surface area contributed by atoms with Gasteiger partial charge in [-0.05, 0) is 38.5 Å². The molecule has 0 fully saturated rings. The molecule has 3 nitrogen and oxygen atoms in total. The molecule has 1 atom stereocenters. The maximum absolute atomic E-state index is 11.2. The van der Waals surface area contributed by atoms with E-state index in [1.807, 2.05) is 18.3 Å². The Morgan fingerprint density at radius 3 is 2.56 bits per heavy atom. The van der Waals surface area contributed by atoms with E-state index in [1.165, 1.54) is 0 Å². The molecule has 0 saturated heterocycles. The standard InChI is InChI=1S/C14H16ClNO2/c1-8(2)16-7-12(9(3)14(17)18)11-5-4-10(15)6-13(11)16/h4-9H,1-3H3,(H,17,18). The zero-order chi connectivity index (χ0) is 13.4. The second kappa shape index (κ2) is 4.65. The van der Waals surface area contributed by atoms with Crippen LogP contribution in [0.2, 0.25) is 5.02 Å². The van der Waals surface area contributed by atoms with Crippen LogP contribution in [0.25, 0.3) is 10.9 Å². The normalized spacial score (nSPS) is 13.2. The van der Waals surface area contributed by atoms with Crippen LogP contribution in [0, 0.1) is 0 Å². The van der Waals surface area contributed by atoms with Crippen molar-refractivity contribution in [2.75, 3.05) is 0 Å². The molecule has 1 heterocycles. The van der Waals surface area contributed by atoms with E-state index in [-0.39, 0.29) is 6.04 Å². The van der Waals surface area contributed by atoms with Gasteiger partial charge in [-0.25, -0.2) is 0 Å². The van der Waals surface area contributed by atoms with Gasteiger partial charge in [-0.3, -0.25) is 4.79 Å². The predicted octanol–water partition coefficient (Wildman–Crippen LogP) is 4.06. The van der Waals surface area contributed by atoms with E-state index in [0.717, 1.165) is 16.5 Å². The summed E-state index contributed by atoms with van der Waals surface area (Å²) in [7, 11) is 0. The van der Waals surface area contributed by atoms with Crippen LogP contribution in [0.5, 0.6) is 0 Å². The molecule has 0 bridgehead atoms. The number of aromatic nitrogens is 1. The fourth-order valence-corrected chi connectivity index (χ4v) is 2.32. The van der Waals surface area contributed by atoms with Gasteiger partial charge >= 0.3 is 5.97 Å². The van der Waals surface area contributed by atoms with Gasteiger partial charge in [0.1, 0.15) is 0 Å². The van der Waals surface area contributed by atoms with Gasteiger partial charge in [0.05, 0.1) is 11.4 Å². The first kappa shape index (κ1) is 13.0. The lowest BCUT2D eigenvalue weighted by atomic mass is 10.0. The number of hydrogen-bond donors (Lipinski definition) is 1. The topological polar surface area (TPSA) is 42.2 Å². The molecule has 0 aliphatic carbocycles. The van der Waals surface area contributed by atoms with E-state index in [4.69, 9.17) is 16.7 Å². The van der Waals surface area contributed by atoms with Gasteiger partial charge in [-0.2, -0.15) is 0 Å². The van der Waals surface area contributed by atoms with Gasteiger partial charge in [0, 0.05) is 22.6 Å². The number of carboxylic acids is 1. The molecule has 4 heteroatoms. The van der Waals surface area contributed by atoms with Crippen molar-refractivity contribution in [3.05, 3.63) is 35.0 Å². The molecule has 1 aromatic carbocycles. The average Bonchev–Trinajstić information content (AvgIpc) is 2.66. The van der Waals surface area contributed by atoms with Crippen molar-refractivity contribution in [2.45, 2.75) is 32.7 Å². The highest BCUT2D eigenvalue weighted by molar-refractivity contribution is 6.31. The largest absolute Gasteiger partial charge is 0.481 e. The molecular weight excluding hydrogens is 250 g/mol. The monoisotopic (exact) mass is 265 g/mol. The second-order valence-electron chi connectivity index (χ2n) is 4.81. The number of carboxylic acid groups (broad SMARTS) is 1. The number of nitrogens with zero attached hydrogens (tertiary/aromatic N) is 1. The molecule has 18 heavy (non-hydrogen) atoms. The van der Waals surface area contributed by atoms with E-state index < -0.39 is 11.9 Å². The Labute approximate surface area is 111 Å². The van der Waals surface area contributed by atoms with E-state index in [1.54, 1.807) is 13.0 Å². The highest BCUT2D eigenvalue weighted by Crippen LogP contribution is 2.31. The molecule has 0 saturated carbocycles. The molecule has 1 N–H and O–H groups in total. The van der Waals surface area contributed by atoms with Crippen molar-refractivity contribution >= 4 is 28.5 Å². The molecular formula is C14H16ClNO2. The summed E-state index contributed by atoms with van der Waals surface area (Å²) >= 11 is 6.02. The van der Waals surface area contributed by atoms with Gasteiger partial charge in [0.25, 0.3) is 0 Å². The highest BCUT2D eigenvalue weighted by Gasteiger charge is 2.20. The van der Waals surface area contributed by atoms with Crippen molar-refractivity contribution in [3.63, 3.8) is 0 Å². The van der Waals surface area contributed by atoms with Crippen LogP contribution < -0.4 is 0 Å². The number of rotatable bonds is 3. The van der Waals surface area contributed by atoms with Crippen LogP contribution >= 0.6 is 11.6 Å². The van der Waals surface area contributed by atoms with Crippen molar-refractivity contribution in [1.82, 2.24) is 4.57 Å². The average molecular weight is 266 g/mol. The number of benzene rings is 1. The second-order valence-corrected chi connectivity index (χ2v) is 5.24. The molecule has 1 unspecified atom stereocenters. The van der Waals surface area contributed by atoms with E-state index in [0.29, 0.717) is 5.02 Å². The van der Waals surface area contributed by atoms with Gasteiger partial charge in [0.15, 0.2) is 0 Å². The first-order valence-corrected chi connectivity index (χ1v) is 6.32. The van der Waals surface area contributed by atoms with Crippen LogP contribution in [0.4, 0.5) is 0 Å². The van der Waals surface area contributed by atoms with Gasteiger partial charge < -0.3 is 9.67 Å². The lowest BCUT2D eigenvalue weighted by molar-refractivity contribution is -0.138. The Morgan fingerprint density at radius 2 is 2.00 bits per heavy atom. The van der Waals surface area contributed by atoms with Crippen molar-refractivity contribution in [3.8, 4) is 0 Å². The third kappa shape index (κ3) is 2.10. The summed E-state index contributed by atoms with van der Waals surface area (Å²) in [5.41, 5.74) is 1.82. The summed E-state index contributed by atoms with van der Waals surface area (Å²) in [4.78, 5) is 11.2. The number of carbonyl (C=O) groups is 1. The minimum atomic E-state index is -0.812. The van der Waals surface area contributed by atoms with Crippen LogP contribution in [0.1, 0.15) is 38.3 Å². The predicted molar refractivity (Wildman–Crippen MR) is 73.4 cm³/mol. The summed E-state index contributed by atoms with van der Waals surface area (Å²) in [6, 6.07) is 5.84. The molecule has 0 radical (unpaired) electrons. The van der Waals surface area contributed by atoms with Gasteiger partial charge in [-0.15, -0.1) is 0 Å². The number of fused-ring (bicyclic) bond motifs is 1. The Hall–Kier alpha value is -1.48. The number of hydrogen-bond acceptors (Lipinski definition) is 1. The Kier molecular flexibility index (Phi) is 3.35. The smallest absolute Gasteiger partial charge is 0.310 e. The highest BCUT2D eigenvalue weighted by atomic mass is 35.5.